The van der Waals surface area contributed by atoms with Crippen LogP contribution in [0, 0.1) is 11.7 Å². The molecular formula is C13H19FN2O3. The van der Waals surface area contributed by atoms with Crippen LogP contribution in [0.3, 0.4) is 0 Å². The second-order valence-electron chi connectivity index (χ2n) is 5.27. The Kier molecular flexibility index (Phi) is 4.83. The number of carbonyl (C=O) groups is 1. The monoisotopic (exact) mass is 270 g/mol. The van der Waals surface area contributed by atoms with Crippen molar-refractivity contribution < 1.29 is 19.4 Å². The van der Waals surface area contributed by atoms with Gasteiger partial charge in [0.2, 0.25) is 0 Å². The number of carboxylic acids is 1. The minimum Gasteiger partial charge on any atom is -0.478 e. The lowest BCUT2D eigenvalue weighted by Crippen LogP contribution is -2.35. The lowest BCUT2D eigenvalue weighted by molar-refractivity contribution is 0.0514. The standard InChI is InChI=1S/C13H19FN2O3/c1-8(2)6-13(3,19)7-16-11-10(14)9(12(17)18)4-5-15-11/h4-5,8,19H,6-7H2,1-3H3,(H,15,16)(H,17,18). The molecule has 6 heteroatoms. The number of nitrogens with one attached hydrogen (secondary N) is 1. The summed E-state index contributed by atoms with van der Waals surface area (Å²) in [4.78, 5) is 14.5. The van der Waals surface area contributed by atoms with Gasteiger partial charge in [-0.1, -0.05) is 13.8 Å². The fourth-order valence-corrected chi connectivity index (χ4v) is 1.96. The van der Waals surface area contributed by atoms with Crippen molar-refractivity contribution in [1.82, 2.24) is 4.98 Å². The Morgan fingerprint density at radius 2 is 2.21 bits per heavy atom. The van der Waals surface area contributed by atoms with Gasteiger partial charge in [0.1, 0.15) is 5.56 Å². The number of pyridine rings is 1. The van der Waals surface area contributed by atoms with Crippen molar-refractivity contribution in [1.29, 1.82) is 0 Å². The molecular weight excluding hydrogens is 251 g/mol. The van der Waals surface area contributed by atoms with Gasteiger partial charge in [0, 0.05) is 12.7 Å². The summed E-state index contributed by atoms with van der Waals surface area (Å²) >= 11 is 0. The van der Waals surface area contributed by atoms with E-state index in [2.05, 4.69) is 10.3 Å². The van der Waals surface area contributed by atoms with Crippen molar-refractivity contribution >= 4 is 11.8 Å². The highest BCUT2D eigenvalue weighted by Gasteiger charge is 2.23. The molecule has 1 rings (SSSR count). The van der Waals surface area contributed by atoms with Gasteiger partial charge in [0.15, 0.2) is 11.6 Å². The van der Waals surface area contributed by atoms with Crippen LogP contribution < -0.4 is 5.32 Å². The topological polar surface area (TPSA) is 82.5 Å². The maximum Gasteiger partial charge on any atom is 0.338 e. The molecule has 0 radical (unpaired) electrons. The molecule has 106 valence electrons. The Hall–Kier alpha value is -1.69. The van der Waals surface area contributed by atoms with Crippen molar-refractivity contribution in [3.05, 3.63) is 23.6 Å². The number of nitrogens with zero attached hydrogens (tertiary/aromatic N) is 1. The van der Waals surface area contributed by atoms with Gasteiger partial charge in [-0.2, -0.15) is 0 Å². The third-order valence-corrected chi connectivity index (χ3v) is 2.60. The third-order valence-electron chi connectivity index (χ3n) is 2.60. The molecule has 3 N–H and O–H groups in total. The summed E-state index contributed by atoms with van der Waals surface area (Å²) in [5.41, 5.74) is -1.46. The summed E-state index contributed by atoms with van der Waals surface area (Å²) < 4.78 is 13.8. The van der Waals surface area contributed by atoms with Gasteiger partial charge in [0.25, 0.3) is 0 Å². The predicted octanol–water partition coefficient (Wildman–Crippen LogP) is 2.13. The first-order chi connectivity index (χ1) is 8.73. The number of aromatic nitrogens is 1. The lowest BCUT2D eigenvalue weighted by atomic mass is 9.94. The molecule has 0 aliphatic heterocycles. The van der Waals surface area contributed by atoms with E-state index >= 15 is 0 Å². The normalized spacial score (nSPS) is 14.2. The summed E-state index contributed by atoms with van der Waals surface area (Å²) in [6, 6.07) is 1.09. The van der Waals surface area contributed by atoms with Crippen molar-refractivity contribution in [2.24, 2.45) is 5.92 Å². The van der Waals surface area contributed by atoms with Gasteiger partial charge in [-0.3, -0.25) is 0 Å². The summed E-state index contributed by atoms with van der Waals surface area (Å²) in [5, 5.41) is 21.5. The number of halogens is 1. The molecule has 5 nitrogen and oxygen atoms in total. The SMILES string of the molecule is CC(C)CC(C)(O)CNc1nccc(C(=O)O)c1F. The zero-order chi connectivity index (χ0) is 14.6. The predicted molar refractivity (Wildman–Crippen MR) is 69.7 cm³/mol. The summed E-state index contributed by atoms with van der Waals surface area (Å²) in [6.45, 7) is 5.67. The second-order valence-corrected chi connectivity index (χ2v) is 5.27. The van der Waals surface area contributed by atoms with E-state index in [-0.39, 0.29) is 12.4 Å². The molecule has 1 aromatic rings. The van der Waals surface area contributed by atoms with Crippen LogP contribution in [-0.4, -0.2) is 33.3 Å². The number of carboxylic acid groups (broad SMARTS) is 1. The molecule has 1 unspecified atom stereocenters. The average Bonchev–Trinajstić information content (AvgIpc) is 2.25. The zero-order valence-electron chi connectivity index (χ0n) is 11.3. The maximum absolute atomic E-state index is 13.8. The minimum atomic E-state index is -1.35. The van der Waals surface area contributed by atoms with E-state index in [1.54, 1.807) is 6.92 Å². The van der Waals surface area contributed by atoms with Crippen LogP contribution in [0.5, 0.6) is 0 Å². The van der Waals surface area contributed by atoms with Crippen LogP contribution in [0.1, 0.15) is 37.6 Å². The highest BCUT2D eigenvalue weighted by molar-refractivity contribution is 5.88. The fourth-order valence-electron chi connectivity index (χ4n) is 1.96. The molecule has 0 amide bonds. The Labute approximate surface area is 111 Å². The first-order valence-electron chi connectivity index (χ1n) is 6.07. The molecule has 0 bridgehead atoms. The molecule has 0 fully saturated rings. The van der Waals surface area contributed by atoms with E-state index in [4.69, 9.17) is 5.11 Å². The van der Waals surface area contributed by atoms with Crippen LogP contribution in [0.15, 0.2) is 12.3 Å². The van der Waals surface area contributed by atoms with E-state index < -0.39 is 23.0 Å². The van der Waals surface area contributed by atoms with Gasteiger partial charge in [-0.15, -0.1) is 0 Å². The van der Waals surface area contributed by atoms with Crippen molar-refractivity contribution in [2.45, 2.75) is 32.8 Å². The van der Waals surface area contributed by atoms with E-state index in [9.17, 15) is 14.3 Å². The quantitative estimate of drug-likeness (QED) is 0.737. The van der Waals surface area contributed by atoms with E-state index in [0.717, 1.165) is 6.07 Å². The number of anilines is 1. The van der Waals surface area contributed by atoms with Crippen LogP contribution in [0.2, 0.25) is 0 Å². The first kappa shape index (κ1) is 15.4. The Bertz CT molecular complexity index is 461. The maximum atomic E-state index is 13.8. The highest BCUT2D eigenvalue weighted by atomic mass is 19.1. The molecule has 0 spiro atoms. The number of hydrogen-bond donors (Lipinski definition) is 3. The van der Waals surface area contributed by atoms with Crippen molar-refractivity contribution in [3.8, 4) is 0 Å². The van der Waals surface area contributed by atoms with E-state index in [0.29, 0.717) is 12.3 Å². The second kappa shape index (κ2) is 5.97. The molecule has 1 atom stereocenters. The van der Waals surface area contributed by atoms with Crippen LogP contribution in [0.4, 0.5) is 10.2 Å². The number of aliphatic hydroxyl groups is 1. The number of hydrogen-bond acceptors (Lipinski definition) is 4. The molecule has 1 aromatic heterocycles. The van der Waals surface area contributed by atoms with Gasteiger partial charge in [-0.25, -0.2) is 14.2 Å². The fraction of sp³-hybridized carbons (Fsp3) is 0.538. The summed E-state index contributed by atoms with van der Waals surface area (Å²) in [5.74, 6) is -2.14. The van der Waals surface area contributed by atoms with E-state index in [1.165, 1.54) is 6.20 Å². The summed E-state index contributed by atoms with van der Waals surface area (Å²) in [6.07, 6.45) is 1.76. The Morgan fingerprint density at radius 1 is 1.58 bits per heavy atom. The number of rotatable bonds is 6. The first-order valence-corrected chi connectivity index (χ1v) is 6.07. The van der Waals surface area contributed by atoms with Crippen molar-refractivity contribution in [3.63, 3.8) is 0 Å². The molecule has 0 aliphatic rings. The largest absolute Gasteiger partial charge is 0.478 e. The van der Waals surface area contributed by atoms with Crippen LogP contribution in [0.25, 0.3) is 0 Å². The Morgan fingerprint density at radius 3 is 2.74 bits per heavy atom. The highest BCUT2D eigenvalue weighted by Crippen LogP contribution is 2.19. The zero-order valence-corrected chi connectivity index (χ0v) is 11.3. The Balaban J connectivity index is 2.78. The average molecular weight is 270 g/mol. The number of aromatic carboxylic acids is 1. The molecule has 0 aromatic carbocycles. The molecule has 19 heavy (non-hydrogen) atoms. The van der Waals surface area contributed by atoms with Gasteiger partial charge >= 0.3 is 5.97 Å². The molecule has 0 saturated carbocycles. The summed E-state index contributed by atoms with van der Waals surface area (Å²) in [7, 11) is 0. The van der Waals surface area contributed by atoms with E-state index in [1.807, 2.05) is 13.8 Å². The van der Waals surface area contributed by atoms with Crippen molar-refractivity contribution in [2.75, 3.05) is 11.9 Å². The van der Waals surface area contributed by atoms with Crippen LogP contribution in [-0.2, 0) is 0 Å². The lowest BCUT2D eigenvalue weighted by Gasteiger charge is -2.25. The van der Waals surface area contributed by atoms with Gasteiger partial charge in [-0.05, 0) is 25.3 Å². The van der Waals surface area contributed by atoms with Crippen LogP contribution >= 0.6 is 0 Å². The van der Waals surface area contributed by atoms with Gasteiger partial charge < -0.3 is 15.5 Å². The smallest absolute Gasteiger partial charge is 0.338 e. The van der Waals surface area contributed by atoms with Gasteiger partial charge in [0.05, 0.1) is 5.60 Å². The third kappa shape index (κ3) is 4.48. The molecule has 1 heterocycles. The molecule has 0 saturated heterocycles. The molecule has 0 aliphatic carbocycles. The minimum absolute atomic E-state index is 0.0954.